The van der Waals surface area contributed by atoms with E-state index in [9.17, 15) is 13.2 Å². The van der Waals surface area contributed by atoms with E-state index in [1.54, 1.807) is 7.05 Å². The number of aliphatic imine (C=N–C) groups is 2. The third-order valence-electron chi connectivity index (χ3n) is 6.77. The summed E-state index contributed by atoms with van der Waals surface area (Å²) >= 11 is 0. The van der Waals surface area contributed by atoms with Crippen LogP contribution in [0.1, 0.15) is 23.2 Å². The zero-order valence-corrected chi connectivity index (χ0v) is 19.3. The van der Waals surface area contributed by atoms with Gasteiger partial charge in [-0.2, -0.15) is 23.5 Å². The van der Waals surface area contributed by atoms with Crippen LogP contribution >= 0.6 is 0 Å². The number of rotatable bonds is 5. The largest absolute Gasteiger partial charge is 0.408 e. The van der Waals surface area contributed by atoms with Gasteiger partial charge in [0.2, 0.25) is 0 Å². The van der Waals surface area contributed by atoms with Crippen LogP contribution in [0.4, 0.5) is 19.0 Å². The first-order valence-corrected chi connectivity index (χ1v) is 11.3. The summed E-state index contributed by atoms with van der Waals surface area (Å²) in [7, 11) is 1.63. The van der Waals surface area contributed by atoms with E-state index in [-0.39, 0.29) is 11.2 Å². The van der Waals surface area contributed by atoms with Crippen molar-refractivity contribution in [3.05, 3.63) is 47.3 Å². The van der Waals surface area contributed by atoms with Crippen LogP contribution in [0.15, 0.2) is 40.4 Å². The van der Waals surface area contributed by atoms with E-state index in [1.165, 1.54) is 11.8 Å². The van der Waals surface area contributed by atoms with Gasteiger partial charge in [0.05, 0.1) is 5.56 Å². The number of aromatic amines is 1. The molecule has 4 heterocycles. The Morgan fingerprint density at radius 3 is 2.77 bits per heavy atom. The van der Waals surface area contributed by atoms with Crippen LogP contribution in [-0.4, -0.2) is 76.5 Å². The minimum absolute atomic E-state index is 0.129. The molecule has 2 fully saturated rings. The number of amidine groups is 1. The number of likely N-dealkylation sites (tertiary alicyclic amines) is 2. The summed E-state index contributed by atoms with van der Waals surface area (Å²) < 4.78 is 39.3. The van der Waals surface area contributed by atoms with Gasteiger partial charge in [0, 0.05) is 55.7 Å². The van der Waals surface area contributed by atoms with Gasteiger partial charge in [-0.05, 0) is 37.4 Å². The highest BCUT2D eigenvalue weighted by Gasteiger charge is 2.49. The summed E-state index contributed by atoms with van der Waals surface area (Å²) in [6.45, 7) is 6.56. The molecule has 8 nitrogen and oxygen atoms in total. The molecule has 2 aliphatic rings. The molecule has 0 bridgehead atoms. The monoisotopic (exact) mass is 482 g/mol. The van der Waals surface area contributed by atoms with Crippen molar-refractivity contribution >= 4 is 29.3 Å². The van der Waals surface area contributed by atoms with Crippen LogP contribution in [0.2, 0.25) is 0 Å². The molecule has 2 saturated heterocycles. The number of alkyl halides is 3. The van der Waals surface area contributed by atoms with E-state index < -0.39 is 12.7 Å². The molecule has 182 valence electrons. The maximum atomic E-state index is 12.8. The van der Waals surface area contributed by atoms with Crippen molar-refractivity contribution in [3.63, 3.8) is 0 Å². The Morgan fingerprint density at radius 2 is 2.09 bits per heavy atom. The lowest BCUT2D eigenvalue weighted by molar-refractivity contribution is -0.142. The van der Waals surface area contributed by atoms with Crippen LogP contribution in [0.25, 0.3) is 10.9 Å². The van der Waals surface area contributed by atoms with Gasteiger partial charge in [-0.25, -0.2) is 4.99 Å². The lowest BCUT2D eigenvalue weighted by Crippen LogP contribution is -2.59. The van der Waals surface area contributed by atoms with E-state index >= 15 is 0 Å². The summed E-state index contributed by atoms with van der Waals surface area (Å²) in [4.78, 5) is 15.8. The number of halogens is 3. The van der Waals surface area contributed by atoms with Crippen molar-refractivity contribution in [2.24, 2.45) is 15.4 Å². The number of benzene rings is 1. The van der Waals surface area contributed by atoms with E-state index in [1.807, 2.05) is 12.1 Å². The Balaban J connectivity index is 1.24. The Bertz CT molecular complexity index is 1340. The second-order valence-electron chi connectivity index (χ2n) is 9.42. The van der Waals surface area contributed by atoms with E-state index in [0.29, 0.717) is 17.1 Å². The highest BCUT2D eigenvalue weighted by atomic mass is 19.4. The predicted molar refractivity (Wildman–Crippen MR) is 127 cm³/mol. The van der Waals surface area contributed by atoms with Gasteiger partial charge >= 0.3 is 6.18 Å². The van der Waals surface area contributed by atoms with Gasteiger partial charge in [-0.1, -0.05) is 12.1 Å². The highest BCUT2D eigenvalue weighted by molar-refractivity contribution is 6.02. The first kappa shape index (κ1) is 23.1. The molecule has 1 aromatic carbocycles. The molecule has 2 aromatic heterocycles. The SMILES string of the molecule is C=Nc1nn(CC(F)(F)F)cc1C(=NC)N1CC2(CCN(Cc3ccc4cc(C#N)[nH]c4c3)C2)C1. The normalized spacial score (nSPS) is 18.3. The molecule has 5 rings (SSSR count). The molecule has 0 aliphatic carbocycles. The average Bonchev–Trinajstić information content (AvgIpc) is 3.49. The topological polar surface area (TPSA) is 88.6 Å². The minimum atomic E-state index is -4.37. The summed E-state index contributed by atoms with van der Waals surface area (Å²) in [5, 5.41) is 14.1. The van der Waals surface area contributed by atoms with Crippen molar-refractivity contribution in [2.75, 3.05) is 33.2 Å². The smallest absolute Gasteiger partial charge is 0.355 e. The molecule has 0 amide bonds. The zero-order valence-electron chi connectivity index (χ0n) is 19.3. The molecule has 35 heavy (non-hydrogen) atoms. The number of nitriles is 1. The number of nitrogens with one attached hydrogen (secondary N) is 1. The summed E-state index contributed by atoms with van der Waals surface area (Å²) in [6.07, 6.45) is -1.98. The van der Waals surface area contributed by atoms with Crippen molar-refractivity contribution in [1.29, 1.82) is 5.26 Å². The molecule has 1 spiro atoms. The number of H-pyrrole nitrogens is 1. The van der Waals surface area contributed by atoms with Crippen molar-refractivity contribution in [3.8, 4) is 6.07 Å². The Morgan fingerprint density at radius 1 is 1.29 bits per heavy atom. The summed E-state index contributed by atoms with van der Waals surface area (Å²) in [5.41, 5.74) is 3.30. The molecule has 0 atom stereocenters. The quantitative estimate of drug-likeness (QED) is 0.444. The second-order valence-corrected chi connectivity index (χ2v) is 9.42. The van der Waals surface area contributed by atoms with E-state index in [0.717, 1.165) is 54.7 Å². The third-order valence-corrected chi connectivity index (χ3v) is 6.77. The molecule has 3 aromatic rings. The van der Waals surface area contributed by atoms with Crippen molar-refractivity contribution in [2.45, 2.75) is 25.7 Å². The molecule has 11 heteroatoms. The maximum Gasteiger partial charge on any atom is 0.408 e. The van der Waals surface area contributed by atoms with Gasteiger partial charge in [0.25, 0.3) is 0 Å². The Kier molecular flexibility index (Phi) is 5.63. The highest BCUT2D eigenvalue weighted by Crippen LogP contribution is 2.41. The summed E-state index contributed by atoms with van der Waals surface area (Å²) in [6, 6.07) is 10.2. The molecule has 0 radical (unpaired) electrons. The third kappa shape index (κ3) is 4.53. The number of aromatic nitrogens is 3. The van der Waals surface area contributed by atoms with E-state index in [2.05, 4.69) is 54.8 Å². The first-order chi connectivity index (χ1) is 16.7. The number of hydrogen-bond acceptors (Lipinski definition) is 5. The second kappa shape index (κ2) is 8.53. The van der Waals surface area contributed by atoms with Crippen LogP contribution in [0, 0.1) is 16.7 Å². The van der Waals surface area contributed by atoms with Crippen LogP contribution in [-0.2, 0) is 13.1 Å². The van der Waals surface area contributed by atoms with Crippen molar-refractivity contribution < 1.29 is 13.2 Å². The number of hydrogen-bond donors (Lipinski definition) is 1. The fourth-order valence-corrected chi connectivity index (χ4v) is 5.31. The lowest BCUT2D eigenvalue weighted by Gasteiger charge is -2.49. The maximum absolute atomic E-state index is 12.8. The van der Waals surface area contributed by atoms with E-state index in [4.69, 9.17) is 5.26 Å². The molecule has 0 unspecified atom stereocenters. The molecule has 0 saturated carbocycles. The molecule has 2 aliphatic heterocycles. The fraction of sp³-hybridized carbons (Fsp3) is 0.417. The molecule has 1 N–H and O–H groups in total. The Hall–Kier alpha value is -3.65. The molecular weight excluding hydrogens is 457 g/mol. The number of fused-ring (bicyclic) bond motifs is 1. The lowest BCUT2D eigenvalue weighted by atomic mass is 9.78. The molecular formula is C24H25F3N8. The van der Waals surface area contributed by atoms with Gasteiger partial charge in [-0.15, -0.1) is 0 Å². The average molecular weight is 483 g/mol. The number of nitrogens with zero attached hydrogens (tertiary/aromatic N) is 7. The first-order valence-electron chi connectivity index (χ1n) is 11.3. The summed E-state index contributed by atoms with van der Waals surface area (Å²) in [5.74, 6) is 0.749. The van der Waals surface area contributed by atoms with Gasteiger partial charge in [0.15, 0.2) is 5.82 Å². The van der Waals surface area contributed by atoms with Crippen LogP contribution in [0.5, 0.6) is 0 Å². The van der Waals surface area contributed by atoms with Gasteiger partial charge in [0.1, 0.15) is 24.1 Å². The van der Waals surface area contributed by atoms with Crippen LogP contribution in [0.3, 0.4) is 0 Å². The fourth-order valence-electron chi connectivity index (χ4n) is 5.31. The van der Waals surface area contributed by atoms with Crippen LogP contribution < -0.4 is 0 Å². The standard InChI is InChI=1S/C24H25F3N8/c1-29-21-19(11-35(32-21)15-24(25,26)27)22(30-2)34-13-23(14-34)5-6-33(12-23)10-16-3-4-17-8-18(9-28)31-20(17)7-16/h3-4,7-8,11,31H,1,5-6,10,12-15H2,2H3. The van der Waals surface area contributed by atoms with Gasteiger partial charge < -0.3 is 9.88 Å². The van der Waals surface area contributed by atoms with Gasteiger partial charge in [-0.3, -0.25) is 14.6 Å². The Labute approximate surface area is 200 Å². The predicted octanol–water partition coefficient (Wildman–Crippen LogP) is 3.71. The van der Waals surface area contributed by atoms with Crippen molar-refractivity contribution in [1.82, 2.24) is 24.6 Å². The minimum Gasteiger partial charge on any atom is -0.355 e. The zero-order chi connectivity index (χ0) is 24.8.